The number of pyridine rings is 1. The van der Waals surface area contributed by atoms with Crippen LogP contribution in [0.3, 0.4) is 0 Å². The molecule has 14 heteroatoms. The second kappa shape index (κ2) is 17.3. The van der Waals surface area contributed by atoms with Crippen LogP contribution in [0, 0.1) is 11.6 Å². The number of carbonyl (C=O) groups excluding carboxylic acids is 3. The molecule has 274 valence electrons. The Morgan fingerprint density at radius 3 is 1.98 bits per heavy atom. The third-order valence-corrected chi connectivity index (χ3v) is 9.38. The van der Waals surface area contributed by atoms with Gasteiger partial charge in [-0.05, 0) is 48.0 Å². The Labute approximate surface area is 310 Å². The summed E-state index contributed by atoms with van der Waals surface area (Å²) in [6, 6.07) is 26.9. The molecule has 0 aliphatic heterocycles. The molecule has 0 fully saturated rings. The summed E-state index contributed by atoms with van der Waals surface area (Å²) in [6.45, 7) is 2.34. The number of nitrogens with zero attached hydrogens (tertiary/aromatic N) is 2. The molecular formula is C39H31ClF5N3O4S. The highest BCUT2D eigenvalue weighted by Crippen LogP contribution is 2.39. The van der Waals surface area contributed by atoms with E-state index in [0.717, 1.165) is 29.0 Å². The van der Waals surface area contributed by atoms with E-state index in [4.69, 9.17) is 4.79 Å². The van der Waals surface area contributed by atoms with Gasteiger partial charge in [0.1, 0.15) is 23.3 Å². The molecule has 6 rings (SSSR count). The van der Waals surface area contributed by atoms with Crippen LogP contribution < -0.4 is 10.7 Å². The zero-order valence-corrected chi connectivity index (χ0v) is 29.6. The number of anilines is 1. The molecule has 2 heterocycles. The van der Waals surface area contributed by atoms with E-state index in [1.54, 1.807) is 30.3 Å². The predicted molar refractivity (Wildman–Crippen MR) is 198 cm³/mol. The van der Waals surface area contributed by atoms with E-state index in [1.807, 2.05) is 54.4 Å². The van der Waals surface area contributed by atoms with Crippen LogP contribution in [0.25, 0.3) is 20.7 Å². The van der Waals surface area contributed by atoms with Gasteiger partial charge in [-0.2, -0.15) is 13.2 Å². The highest BCUT2D eigenvalue weighted by atomic mass is 35.5. The average Bonchev–Trinajstić information content (AvgIpc) is 3.51. The van der Waals surface area contributed by atoms with Crippen LogP contribution in [-0.4, -0.2) is 41.2 Å². The van der Waals surface area contributed by atoms with Crippen LogP contribution in [0.15, 0.2) is 114 Å². The molecule has 2 aromatic heterocycles. The Hall–Kier alpha value is -5.50. The highest BCUT2D eigenvalue weighted by molar-refractivity contribution is 7.22. The summed E-state index contributed by atoms with van der Waals surface area (Å²) in [4.78, 5) is 50.6. The van der Waals surface area contributed by atoms with E-state index in [-0.39, 0.29) is 53.3 Å². The molecule has 7 nitrogen and oxygen atoms in total. The van der Waals surface area contributed by atoms with Crippen molar-refractivity contribution in [2.24, 2.45) is 0 Å². The Balaban J connectivity index is 0.00000206. The van der Waals surface area contributed by atoms with Gasteiger partial charge in [0.25, 0.3) is 0 Å². The van der Waals surface area contributed by atoms with Crippen LogP contribution in [0.5, 0.6) is 0 Å². The van der Waals surface area contributed by atoms with Crippen molar-refractivity contribution in [2.75, 3.05) is 12.4 Å². The molecule has 0 radical (unpaired) electrons. The Morgan fingerprint density at radius 2 is 1.40 bits per heavy atom. The summed E-state index contributed by atoms with van der Waals surface area (Å²) in [5, 5.41) is 2.00. The Morgan fingerprint density at radius 1 is 0.811 bits per heavy atom. The van der Waals surface area contributed by atoms with Gasteiger partial charge in [0, 0.05) is 41.0 Å². The molecule has 0 aliphatic carbocycles. The Bertz CT molecular complexity index is 2260. The molecule has 1 N–H and O–H groups in total. The lowest BCUT2D eigenvalue weighted by Gasteiger charge is -2.18. The van der Waals surface area contributed by atoms with Crippen molar-refractivity contribution in [2.45, 2.75) is 25.8 Å². The van der Waals surface area contributed by atoms with E-state index >= 15 is 0 Å². The lowest BCUT2D eigenvalue weighted by molar-refractivity contribution is -0.167. The van der Waals surface area contributed by atoms with Gasteiger partial charge in [-0.25, -0.2) is 8.78 Å². The fourth-order valence-corrected chi connectivity index (χ4v) is 6.98. The number of alkyl halides is 3. The summed E-state index contributed by atoms with van der Waals surface area (Å²) >= 11 is 1.15. The molecule has 0 saturated heterocycles. The minimum atomic E-state index is -5.08. The molecule has 0 aliphatic rings. The number of rotatable bonds is 10. The van der Waals surface area contributed by atoms with Crippen molar-refractivity contribution in [3.8, 4) is 10.4 Å². The second-order valence-corrected chi connectivity index (χ2v) is 12.7. The largest absolute Gasteiger partial charge is 0.471 e. The maximum atomic E-state index is 15.0. The van der Waals surface area contributed by atoms with Crippen LogP contribution >= 0.6 is 23.7 Å². The number of carbonyl (C=O) groups is 3. The molecule has 0 atom stereocenters. The fraction of sp³-hybridized carbons (Fsp3) is 0.128. The van der Waals surface area contributed by atoms with Crippen LogP contribution in [0.2, 0.25) is 0 Å². The average molecular weight is 768 g/mol. The number of nitrogens with one attached hydrogen (secondary N) is 1. The Kier molecular flexibility index (Phi) is 13.2. The summed E-state index contributed by atoms with van der Waals surface area (Å²) < 4.78 is 70.1. The fourth-order valence-electron chi connectivity index (χ4n) is 5.69. The minimum Gasteiger partial charge on any atom is -0.334 e. The number of ketones is 1. The van der Waals surface area contributed by atoms with E-state index < -0.39 is 34.9 Å². The van der Waals surface area contributed by atoms with Gasteiger partial charge in [-0.1, -0.05) is 78.9 Å². The van der Waals surface area contributed by atoms with Crippen molar-refractivity contribution in [1.82, 2.24) is 9.47 Å². The van der Waals surface area contributed by atoms with Crippen molar-refractivity contribution >= 4 is 58.1 Å². The van der Waals surface area contributed by atoms with E-state index in [9.17, 15) is 36.3 Å². The first-order chi connectivity index (χ1) is 24.9. The first-order valence-corrected chi connectivity index (χ1v) is 16.4. The maximum Gasteiger partial charge on any atom is 0.471 e. The van der Waals surface area contributed by atoms with Gasteiger partial charge in [-0.15, -0.1) is 23.7 Å². The standard InChI is InChI=1S/C38H28F5N3O3S.CH2O.ClH/c1-45(19-23-9-4-2-5-10-23)20-28-32-34(48)29(33(47)24-11-6-3-7-12-24)22-46(21-27-30(39)13-8-14-31(27)40)36(32)50-35(28)25-15-17-26(18-16-25)44-37(49)38(41,42)43;1-2;/h2-18,22H,19-21H2,1H3,(H,44,49);1H2;1H. The van der Waals surface area contributed by atoms with Crippen molar-refractivity contribution < 1.29 is 36.3 Å². The normalized spacial score (nSPS) is 11.1. The molecular weight excluding hydrogens is 737 g/mol. The number of aromatic nitrogens is 1. The first kappa shape index (κ1) is 40.3. The number of amides is 1. The molecule has 4 aromatic carbocycles. The zero-order valence-electron chi connectivity index (χ0n) is 28.0. The number of fused-ring (bicyclic) bond motifs is 1. The lowest BCUT2D eigenvalue weighted by atomic mass is 10.00. The molecule has 0 saturated carbocycles. The highest BCUT2D eigenvalue weighted by Gasteiger charge is 2.38. The van der Waals surface area contributed by atoms with Gasteiger partial charge < -0.3 is 14.7 Å². The number of hydrogen-bond acceptors (Lipinski definition) is 6. The van der Waals surface area contributed by atoms with Crippen molar-refractivity contribution in [3.05, 3.63) is 159 Å². The van der Waals surface area contributed by atoms with E-state index in [0.29, 0.717) is 27.4 Å². The topological polar surface area (TPSA) is 88.5 Å². The quantitative estimate of drug-likeness (QED) is 0.111. The second-order valence-electron chi connectivity index (χ2n) is 11.7. The van der Waals surface area contributed by atoms with Gasteiger partial charge in [0.2, 0.25) is 5.43 Å². The van der Waals surface area contributed by atoms with Gasteiger partial charge in [0.15, 0.2) is 5.78 Å². The molecule has 0 spiro atoms. The number of halogens is 6. The monoisotopic (exact) mass is 767 g/mol. The SMILES string of the molecule is C=O.CN(Cc1ccccc1)Cc1c(-c2ccc(NC(=O)C(F)(F)F)cc2)sc2c1c(=O)c(C(=O)c1ccccc1)cn2Cc1c(F)cccc1F.Cl. The third kappa shape index (κ3) is 9.12. The van der Waals surface area contributed by atoms with Crippen molar-refractivity contribution in [1.29, 1.82) is 0 Å². The van der Waals surface area contributed by atoms with Crippen LogP contribution in [0.1, 0.15) is 32.6 Å². The molecule has 53 heavy (non-hydrogen) atoms. The number of thiophene rings is 1. The number of benzene rings is 4. The summed E-state index contributed by atoms with van der Waals surface area (Å²) in [5.41, 5.74) is 1.16. The molecule has 0 unspecified atom stereocenters. The van der Waals surface area contributed by atoms with Gasteiger partial charge >= 0.3 is 12.1 Å². The first-order valence-electron chi connectivity index (χ1n) is 15.6. The van der Waals surface area contributed by atoms with Gasteiger partial charge in [0.05, 0.1) is 17.5 Å². The summed E-state index contributed by atoms with van der Waals surface area (Å²) in [6.07, 6.45) is -3.76. The smallest absolute Gasteiger partial charge is 0.334 e. The zero-order chi connectivity index (χ0) is 37.6. The predicted octanol–water partition coefficient (Wildman–Crippen LogP) is 8.66. The number of hydrogen-bond donors (Lipinski definition) is 1. The summed E-state index contributed by atoms with van der Waals surface area (Å²) in [5.74, 6) is -4.29. The van der Waals surface area contributed by atoms with Crippen molar-refractivity contribution in [3.63, 3.8) is 0 Å². The lowest BCUT2D eigenvalue weighted by Crippen LogP contribution is -2.29. The van der Waals surface area contributed by atoms with Gasteiger partial charge in [-0.3, -0.25) is 19.3 Å². The maximum absolute atomic E-state index is 15.0. The summed E-state index contributed by atoms with van der Waals surface area (Å²) in [7, 11) is 1.85. The van der Waals surface area contributed by atoms with Crippen LogP contribution in [-0.2, 0) is 29.2 Å². The van der Waals surface area contributed by atoms with E-state index in [2.05, 4.69) is 0 Å². The molecule has 6 aromatic rings. The minimum absolute atomic E-state index is 0. The molecule has 1 amide bonds. The third-order valence-electron chi connectivity index (χ3n) is 8.06. The molecule has 0 bridgehead atoms. The van der Waals surface area contributed by atoms with E-state index in [1.165, 1.54) is 41.1 Å². The van der Waals surface area contributed by atoms with Crippen LogP contribution in [0.4, 0.5) is 27.6 Å².